The summed E-state index contributed by atoms with van der Waals surface area (Å²) < 4.78 is 27.9. The monoisotopic (exact) mass is 864 g/mol. The van der Waals surface area contributed by atoms with Crippen LogP contribution in [0.2, 0.25) is 0 Å². The molecule has 8 aliphatic carbocycles. The zero-order valence-corrected chi connectivity index (χ0v) is 36.2. The maximum absolute atomic E-state index is 17.5. The number of ether oxygens (including phenoxy) is 2. The number of esters is 2. The number of halogens is 1. The van der Waals surface area contributed by atoms with Gasteiger partial charge in [0, 0.05) is 33.5 Å². The molecule has 13 nitrogen and oxygen atoms in total. The highest BCUT2D eigenvalue weighted by atomic mass is 19.1. The molecule has 0 heterocycles. The minimum atomic E-state index is -2.15. The summed E-state index contributed by atoms with van der Waals surface area (Å²) in [7, 11) is 0. The molecule has 338 valence electrons. The SMILES string of the molecule is C[C@H]1CC2C3CCC4=CC(=O)C=C[C@]4(C)[C@@]3(F)[C@@H](O)C[C@]2(C)[C@@]1(O)C(=O)COC(=O)CC(O)CC(=O)OCC(=O)[C@@]1(O)CCC2C3CCC4=CC(=O)C=C[C@]4(C)C3[C@@H](O)C[C@@]21C. The molecule has 14 heteroatoms. The van der Waals surface area contributed by atoms with Crippen LogP contribution in [-0.4, -0.2) is 109 Å². The van der Waals surface area contributed by atoms with Crippen LogP contribution in [0.4, 0.5) is 4.39 Å². The molecule has 5 N–H and O–H groups in total. The number of fused-ring (bicyclic) bond motifs is 10. The third-order valence-corrected chi connectivity index (χ3v) is 18.3. The Balaban J connectivity index is 0.840. The Labute approximate surface area is 360 Å². The standard InChI is InChI=1S/C48H61FO13/c1-25-16-34-33-9-7-27-18-29(51)11-14-43(27,3)47(33,49)36(54)22-45(34,5)48(25,60)38(56)24-62-40(58)20-30(52)19-39(57)61-23-37(55)46(59)15-12-32-31-8-6-26-17-28(50)10-13-42(26,2)41(31)35(53)21-44(32,46)4/h10-11,13-14,17-18,25,30-36,41,52-54,59-60H,6-9,12,15-16,19-24H2,1-5H3/t25-,30?,31?,32?,33?,34?,35-,36-,41?,42-,43-,44-,45-,46-,47-,48-/m0/s1. The second-order valence-corrected chi connectivity index (χ2v) is 21.0. The molecule has 6 unspecified atom stereocenters. The largest absolute Gasteiger partial charge is 0.457 e. The third kappa shape index (κ3) is 6.15. The summed E-state index contributed by atoms with van der Waals surface area (Å²) in [5, 5.41) is 58.0. The average Bonchev–Trinajstić information content (AvgIpc) is 3.58. The van der Waals surface area contributed by atoms with Crippen LogP contribution in [0.25, 0.3) is 0 Å². The lowest BCUT2D eigenvalue weighted by atomic mass is 9.44. The van der Waals surface area contributed by atoms with E-state index in [1.165, 1.54) is 18.2 Å². The van der Waals surface area contributed by atoms with Gasteiger partial charge in [-0.05, 0) is 113 Å². The van der Waals surface area contributed by atoms with E-state index in [-0.39, 0.29) is 55.0 Å². The van der Waals surface area contributed by atoms with E-state index in [1.807, 2.05) is 13.0 Å². The molecule has 8 aliphatic rings. The van der Waals surface area contributed by atoms with Gasteiger partial charge in [0.1, 0.15) is 11.2 Å². The molecule has 0 aromatic rings. The molecule has 0 aliphatic heterocycles. The maximum atomic E-state index is 17.5. The van der Waals surface area contributed by atoms with Crippen molar-refractivity contribution in [2.24, 2.45) is 57.2 Å². The molecule has 0 aromatic heterocycles. The van der Waals surface area contributed by atoms with E-state index in [0.717, 1.165) is 5.57 Å². The lowest BCUT2D eigenvalue weighted by molar-refractivity contribution is -0.220. The Kier molecular flexibility index (Phi) is 10.8. The predicted molar refractivity (Wildman–Crippen MR) is 218 cm³/mol. The number of aliphatic hydroxyl groups is 5. The van der Waals surface area contributed by atoms with Crippen LogP contribution in [0.5, 0.6) is 0 Å². The van der Waals surface area contributed by atoms with Gasteiger partial charge in [-0.2, -0.15) is 0 Å². The number of hydrogen-bond acceptors (Lipinski definition) is 13. The van der Waals surface area contributed by atoms with E-state index < -0.39 is 124 Å². The fraction of sp³-hybridized carbons (Fsp3) is 0.708. The van der Waals surface area contributed by atoms with Gasteiger partial charge >= 0.3 is 11.9 Å². The Morgan fingerprint density at radius 1 is 0.790 bits per heavy atom. The molecular formula is C48H61FO13. The Hall–Kier alpha value is -3.69. The molecule has 62 heavy (non-hydrogen) atoms. The number of carbonyl (C=O) groups is 6. The molecule has 8 rings (SSSR count). The fourth-order valence-corrected chi connectivity index (χ4v) is 15.0. The van der Waals surface area contributed by atoms with Crippen molar-refractivity contribution in [1.82, 2.24) is 0 Å². The Morgan fingerprint density at radius 2 is 1.39 bits per heavy atom. The van der Waals surface area contributed by atoms with Gasteiger partial charge in [-0.25, -0.2) is 4.39 Å². The topological polar surface area (TPSA) is 222 Å². The van der Waals surface area contributed by atoms with Crippen LogP contribution in [0.1, 0.15) is 105 Å². The molecule has 0 saturated heterocycles. The number of aliphatic hydroxyl groups excluding tert-OH is 3. The van der Waals surface area contributed by atoms with Gasteiger partial charge in [-0.3, -0.25) is 28.8 Å². The number of carbonyl (C=O) groups excluding carboxylic acids is 6. The molecule has 0 radical (unpaired) electrons. The molecule has 0 amide bonds. The second-order valence-electron chi connectivity index (χ2n) is 21.0. The van der Waals surface area contributed by atoms with Crippen molar-refractivity contribution in [3.8, 4) is 0 Å². The van der Waals surface area contributed by atoms with Crippen molar-refractivity contribution < 1.29 is 68.2 Å². The van der Waals surface area contributed by atoms with Crippen molar-refractivity contribution in [2.75, 3.05) is 13.2 Å². The van der Waals surface area contributed by atoms with Gasteiger partial charge in [0.25, 0.3) is 0 Å². The Morgan fingerprint density at radius 3 is 2.05 bits per heavy atom. The quantitative estimate of drug-likeness (QED) is 0.198. The zero-order valence-electron chi connectivity index (χ0n) is 36.2. The first kappa shape index (κ1) is 44.9. The van der Waals surface area contributed by atoms with Gasteiger partial charge in [0.15, 0.2) is 30.4 Å². The van der Waals surface area contributed by atoms with Crippen molar-refractivity contribution >= 4 is 35.1 Å². The van der Waals surface area contributed by atoms with Gasteiger partial charge in [-0.15, -0.1) is 0 Å². The fourth-order valence-electron chi connectivity index (χ4n) is 15.0. The van der Waals surface area contributed by atoms with Gasteiger partial charge in [0.05, 0.1) is 31.2 Å². The smallest absolute Gasteiger partial charge is 0.308 e. The van der Waals surface area contributed by atoms with E-state index in [2.05, 4.69) is 0 Å². The average molecular weight is 865 g/mol. The summed E-state index contributed by atoms with van der Waals surface area (Å²) in [4.78, 5) is 77.5. The lowest BCUT2D eigenvalue weighted by Gasteiger charge is -2.62. The van der Waals surface area contributed by atoms with Crippen LogP contribution in [0.15, 0.2) is 47.6 Å². The van der Waals surface area contributed by atoms with Crippen molar-refractivity contribution in [3.05, 3.63) is 47.6 Å². The second kappa shape index (κ2) is 14.9. The molecule has 0 spiro atoms. The summed E-state index contributed by atoms with van der Waals surface area (Å²) in [5.74, 6) is -6.19. The van der Waals surface area contributed by atoms with Crippen molar-refractivity contribution in [3.63, 3.8) is 0 Å². The van der Waals surface area contributed by atoms with Crippen LogP contribution < -0.4 is 0 Å². The summed E-state index contributed by atoms with van der Waals surface area (Å²) >= 11 is 0. The summed E-state index contributed by atoms with van der Waals surface area (Å²) in [6.07, 6.45) is 6.78. The van der Waals surface area contributed by atoms with Crippen molar-refractivity contribution in [1.29, 1.82) is 0 Å². The number of alkyl halides is 1. The molecule has 6 saturated carbocycles. The van der Waals surface area contributed by atoms with Crippen LogP contribution in [0, 0.1) is 57.2 Å². The highest BCUT2D eigenvalue weighted by Crippen LogP contribution is 2.71. The van der Waals surface area contributed by atoms with Crippen LogP contribution >= 0.6 is 0 Å². The van der Waals surface area contributed by atoms with E-state index in [4.69, 9.17) is 9.47 Å². The molecule has 6 fully saturated rings. The first-order valence-corrected chi connectivity index (χ1v) is 22.3. The van der Waals surface area contributed by atoms with Gasteiger partial charge in [-0.1, -0.05) is 51.0 Å². The van der Waals surface area contributed by atoms with E-state index in [0.29, 0.717) is 37.7 Å². The van der Waals surface area contributed by atoms with Crippen LogP contribution in [0.3, 0.4) is 0 Å². The van der Waals surface area contributed by atoms with E-state index in [9.17, 15) is 54.3 Å². The summed E-state index contributed by atoms with van der Waals surface area (Å²) in [6.45, 7) is 7.20. The number of Topliss-reactive ketones (excluding diaryl/α,β-unsaturated/α-hetero) is 2. The van der Waals surface area contributed by atoms with E-state index in [1.54, 1.807) is 39.8 Å². The molecule has 16 atom stereocenters. The summed E-state index contributed by atoms with van der Waals surface area (Å²) in [5.41, 5.74) is -8.59. The zero-order chi connectivity index (χ0) is 45.2. The minimum absolute atomic E-state index is 0.0182. The molecule has 0 bridgehead atoms. The third-order valence-electron chi connectivity index (χ3n) is 18.3. The Bertz CT molecular complexity index is 2110. The van der Waals surface area contributed by atoms with Crippen molar-refractivity contribution in [2.45, 2.75) is 140 Å². The normalized spacial score (nSPS) is 46.8. The predicted octanol–water partition coefficient (Wildman–Crippen LogP) is 3.71. The molecular weight excluding hydrogens is 804 g/mol. The van der Waals surface area contributed by atoms with Crippen LogP contribution in [-0.2, 0) is 38.2 Å². The van der Waals surface area contributed by atoms with Gasteiger partial charge < -0.3 is 35.0 Å². The highest BCUT2D eigenvalue weighted by molar-refractivity contribution is 6.02. The number of rotatable bonds is 10. The first-order valence-electron chi connectivity index (χ1n) is 22.3. The lowest BCUT2D eigenvalue weighted by Crippen LogP contribution is -2.69. The number of allylic oxidation sites excluding steroid dienone is 8. The van der Waals surface area contributed by atoms with Gasteiger partial charge in [0.2, 0.25) is 11.6 Å². The summed E-state index contributed by atoms with van der Waals surface area (Å²) in [6, 6.07) is 0. The first-order chi connectivity index (χ1) is 28.9. The molecule has 0 aromatic carbocycles. The number of ketones is 4. The number of hydrogen-bond donors (Lipinski definition) is 5. The highest BCUT2D eigenvalue weighted by Gasteiger charge is 2.76. The van der Waals surface area contributed by atoms with E-state index >= 15 is 4.39 Å². The maximum Gasteiger partial charge on any atom is 0.308 e. The minimum Gasteiger partial charge on any atom is -0.457 e.